The zero-order valence-electron chi connectivity index (χ0n) is 17.0. The fourth-order valence-corrected chi connectivity index (χ4v) is 2.78. The SMILES string of the molecule is CCCCCCCCC(C)OC(=O)CCC(=O)OC(C)CCCCC. The quantitative estimate of drug-likeness (QED) is 0.253. The highest BCUT2D eigenvalue weighted by Gasteiger charge is 2.14. The Morgan fingerprint density at radius 2 is 1.00 bits per heavy atom. The van der Waals surface area contributed by atoms with E-state index in [9.17, 15) is 9.59 Å². The summed E-state index contributed by atoms with van der Waals surface area (Å²) >= 11 is 0. The van der Waals surface area contributed by atoms with Gasteiger partial charge >= 0.3 is 11.9 Å². The Hall–Kier alpha value is -1.06. The summed E-state index contributed by atoms with van der Waals surface area (Å²) in [6.07, 6.45) is 12.7. The van der Waals surface area contributed by atoms with E-state index in [1.165, 1.54) is 32.1 Å². The predicted octanol–water partition coefficient (Wildman–Crippen LogP) is 5.96. The Kier molecular flexibility index (Phi) is 15.7. The van der Waals surface area contributed by atoms with Crippen LogP contribution in [0, 0.1) is 0 Å². The molecule has 0 fully saturated rings. The van der Waals surface area contributed by atoms with Gasteiger partial charge in [-0.15, -0.1) is 0 Å². The van der Waals surface area contributed by atoms with E-state index in [1.807, 2.05) is 13.8 Å². The number of rotatable bonds is 16. The van der Waals surface area contributed by atoms with Gasteiger partial charge in [0.2, 0.25) is 0 Å². The molecule has 0 N–H and O–H groups in total. The highest BCUT2D eigenvalue weighted by molar-refractivity contribution is 5.77. The molecule has 0 bridgehead atoms. The summed E-state index contributed by atoms with van der Waals surface area (Å²) in [4.78, 5) is 23.5. The lowest BCUT2D eigenvalue weighted by molar-refractivity contribution is -0.155. The number of hydrogen-bond donors (Lipinski definition) is 0. The molecule has 2 atom stereocenters. The zero-order valence-corrected chi connectivity index (χ0v) is 17.0. The number of carbonyl (C=O) groups is 2. The largest absolute Gasteiger partial charge is 0.463 e. The van der Waals surface area contributed by atoms with E-state index in [0.29, 0.717) is 0 Å². The van der Waals surface area contributed by atoms with Crippen LogP contribution >= 0.6 is 0 Å². The van der Waals surface area contributed by atoms with Gasteiger partial charge in [-0.1, -0.05) is 58.8 Å². The van der Waals surface area contributed by atoms with E-state index >= 15 is 0 Å². The molecular formula is C21H40O4. The highest BCUT2D eigenvalue weighted by Crippen LogP contribution is 2.12. The van der Waals surface area contributed by atoms with E-state index < -0.39 is 0 Å². The summed E-state index contributed by atoms with van der Waals surface area (Å²) in [7, 11) is 0. The number of carbonyl (C=O) groups excluding carboxylic acids is 2. The second-order valence-corrected chi connectivity index (χ2v) is 7.15. The van der Waals surface area contributed by atoms with E-state index in [0.717, 1.165) is 38.5 Å². The molecule has 0 aliphatic rings. The van der Waals surface area contributed by atoms with Crippen LogP contribution in [0.15, 0.2) is 0 Å². The molecule has 0 amide bonds. The number of hydrogen-bond acceptors (Lipinski definition) is 4. The van der Waals surface area contributed by atoms with Crippen LogP contribution in [0.1, 0.15) is 111 Å². The molecule has 0 radical (unpaired) electrons. The minimum absolute atomic E-state index is 0.0670. The minimum Gasteiger partial charge on any atom is -0.463 e. The van der Waals surface area contributed by atoms with Crippen LogP contribution in [-0.2, 0) is 19.1 Å². The average Bonchev–Trinajstić information content (AvgIpc) is 2.56. The molecule has 0 aliphatic carbocycles. The van der Waals surface area contributed by atoms with E-state index in [1.54, 1.807) is 0 Å². The van der Waals surface area contributed by atoms with E-state index in [4.69, 9.17) is 9.47 Å². The van der Waals surface area contributed by atoms with Gasteiger partial charge in [-0.3, -0.25) is 9.59 Å². The minimum atomic E-state index is -0.301. The van der Waals surface area contributed by atoms with Crippen molar-refractivity contribution in [3.05, 3.63) is 0 Å². The number of ether oxygens (including phenoxy) is 2. The average molecular weight is 357 g/mol. The maximum absolute atomic E-state index is 11.8. The first-order valence-corrected chi connectivity index (χ1v) is 10.4. The normalized spacial score (nSPS) is 13.3. The summed E-state index contributed by atoms with van der Waals surface area (Å²) in [6.45, 7) is 8.20. The topological polar surface area (TPSA) is 52.6 Å². The van der Waals surface area contributed by atoms with Gasteiger partial charge in [0.05, 0.1) is 25.0 Å². The van der Waals surface area contributed by atoms with Gasteiger partial charge in [0.15, 0.2) is 0 Å². The highest BCUT2D eigenvalue weighted by atomic mass is 16.5. The van der Waals surface area contributed by atoms with Gasteiger partial charge < -0.3 is 9.47 Å². The van der Waals surface area contributed by atoms with Crippen molar-refractivity contribution in [1.29, 1.82) is 0 Å². The Bertz CT molecular complexity index is 341. The van der Waals surface area contributed by atoms with Gasteiger partial charge in [0.25, 0.3) is 0 Å². The first kappa shape index (κ1) is 23.9. The van der Waals surface area contributed by atoms with Gasteiger partial charge in [-0.05, 0) is 39.5 Å². The van der Waals surface area contributed by atoms with Crippen LogP contribution in [0.2, 0.25) is 0 Å². The van der Waals surface area contributed by atoms with Crippen molar-refractivity contribution < 1.29 is 19.1 Å². The zero-order chi connectivity index (χ0) is 18.9. The molecule has 0 aliphatic heterocycles. The van der Waals surface area contributed by atoms with Crippen molar-refractivity contribution in [2.45, 2.75) is 123 Å². The van der Waals surface area contributed by atoms with Gasteiger partial charge in [0.1, 0.15) is 0 Å². The molecule has 4 nitrogen and oxygen atoms in total. The number of unbranched alkanes of at least 4 members (excludes halogenated alkanes) is 7. The van der Waals surface area contributed by atoms with Crippen molar-refractivity contribution in [3.8, 4) is 0 Å². The Morgan fingerprint density at radius 1 is 0.640 bits per heavy atom. The first-order chi connectivity index (χ1) is 12.0. The molecule has 0 aromatic rings. The van der Waals surface area contributed by atoms with Gasteiger partial charge in [0, 0.05) is 0 Å². The van der Waals surface area contributed by atoms with Gasteiger partial charge in [-0.25, -0.2) is 0 Å². The summed E-state index contributed by atoms with van der Waals surface area (Å²) in [6, 6.07) is 0. The molecule has 0 aromatic carbocycles. The molecular weight excluding hydrogens is 316 g/mol. The summed E-state index contributed by atoms with van der Waals surface area (Å²) in [5.41, 5.74) is 0. The van der Waals surface area contributed by atoms with Crippen molar-refractivity contribution in [1.82, 2.24) is 0 Å². The van der Waals surface area contributed by atoms with Crippen molar-refractivity contribution >= 4 is 11.9 Å². The molecule has 148 valence electrons. The molecule has 0 aromatic heterocycles. The maximum Gasteiger partial charge on any atom is 0.306 e. The van der Waals surface area contributed by atoms with E-state index in [-0.39, 0.29) is 37.0 Å². The van der Waals surface area contributed by atoms with Crippen molar-refractivity contribution in [3.63, 3.8) is 0 Å². The first-order valence-electron chi connectivity index (χ1n) is 10.4. The maximum atomic E-state index is 11.8. The van der Waals surface area contributed by atoms with E-state index in [2.05, 4.69) is 13.8 Å². The summed E-state index contributed by atoms with van der Waals surface area (Å²) in [5.74, 6) is -0.599. The van der Waals surface area contributed by atoms with Crippen LogP contribution in [0.3, 0.4) is 0 Å². The monoisotopic (exact) mass is 356 g/mol. The fraction of sp³-hybridized carbons (Fsp3) is 0.905. The van der Waals surface area contributed by atoms with Crippen molar-refractivity contribution in [2.75, 3.05) is 0 Å². The lowest BCUT2D eigenvalue weighted by Gasteiger charge is -2.14. The molecule has 0 spiro atoms. The van der Waals surface area contributed by atoms with Gasteiger partial charge in [-0.2, -0.15) is 0 Å². The smallest absolute Gasteiger partial charge is 0.306 e. The molecule has 25 heavy (non-hydrogen) atoms. The third kappa shape index (κ3) is 16.2. The molecule has 0 saturated heterocycles. The lowest BCUT2D eigenvalue weighted by atomic mass is 10.1. The second kappa shape index (κ2) is 16.4. The van der Waals surface area contributed by atoms with Crippen LogP contribution in [0.5, 0.6) is 0 Å². The third-order valence-electron chi connectivity index (χ3n) is 4.38. The molecule has 0 heterocycles. The number of esters is 2. The molecule has 0 rings (SSSR count). The standard InChI is InChI=1S/C21H40O4/c1-5-7-9-10-11-13-15-19(4)25-21(23)17-16-20(22)24-18(3)14-12-8-6-2/h18-19H,5-17H2,1-4H3. The Labute approximate surface area is 155 Å². The van der Waals surface area contributed by atoms with Crippen LogP contribution < -0.4 is 0 Å². The molecule has 2 unspecified atom stereocenters. The third-order valence-corrected chi connectivity index (χ3v) is 4.38. The van der Waals surface area contributed by atoms with Crippen LogP contribution in [0.4, 0.5) is 0 Å². The summed E-state index contributed by atoms with van der Waals surface area (Å²) in [5, 5.41) is 0. The Morgan fingerprint density at radius 3 is 1.48 bits per heavy atom. The second-order valence-electron chi connectivity index (χ2n) is 7.15. The Balaban J connectivity index is 3.68. The fourth-order valence-electron chi connectivity index (χ4n) is 2.78. The van der Waals surface area contributed by atoms with Crippen LogP contribution in [-0.4, -0.2) is 24.1 Å². The van der Waals surface area contributed by atoms with Crippen molar-refractivity contribution in [2.24, 2.45) is 0 Å². The lowest BCUT2D eigenvalue weighted by Crippen LogP contribution is -2.18. The molecule has 0 saturated carbocycles. The molecule has 4 heteroatoms. The predicted molar refractivity (Wildman–Crippen MR) is 102 cm³/mol. The summed E-state index contributed by atoms with van der Waals surface area (Å²) < 4.78 is 10.7. The van der Waals surface area contributed by atoms with Crippen LogP contribution in [0.25, 0.3) is 0 Å².